The Hall–Kier alpha value is -2.62. The smallest absolute Gasteiger partial charge is 0.159 e. The molecule has 0 bridgehead atoms. The Morgan fingerprint density at radius 2 is 1.93 bits per heavy atom. The number of fused-ring (bicyclic) bond motifs is 1. The first-order valence-corrected chi connectivity index (χ1v) is 8.49. The number of aliphatic hydroxyl groups excluding tert-OH is 3. The Morgan fingerprint density at radius 3 is 2.70 bits per heavy atom. The summed E-state index contributed by atoms with van der Waals surface area (Å²) < 4.78 is 26.6. The van der Waals surface area contributed by atoms with Crippen molar-refractivity contribution < 1.29 is 24.1 Å². The van der Waals surface area contributed by atoms with E-state index in [-0.39, 0.29) is 12.0 Å². The molecule has 1 aromatic carbocycles. The lowest BCUT2D eigenvalue weighted by Gasteiger charge is -2.22. The summed E-state index contributed by atoms with van der Waals surface area (Å²) in [6.45, 7) is 0. The fraction of sp³-hybridized carbons (Fsp3) is 0.333. The summed E-state index contributed by atoms with van der Waals surface area (Å²) >= 11 is 0. The highest BCUT2D eigenvalue weighted by Gasteiger charge is 2.45. The van der Waals surface area contributed by atoms with Crippen molar-refractivity contribution in [2.24, 2.45) is 5.92 Å². The second-order valence-corrected chi connectivity index (χ2v) is 6.71. The van der Waals surface area contributed by atoms with Crippen LogP contribution in [0.1, 0.15) is 18.1 Å². The largest absolute Gasteiger partial charge is 0.390 e. The number of anilines is 1. The van der Waals surface area contributed by atoms with Gasteiger partial charge in [0.1, 0.15) is 23.9 Å². The number of hydrogen-bond donors (Lipinski definition) is 5. The van der Waals surface area contributed by atoms with Gasteiger partial charge < -0.3 is 25.6 Å². The first-order chi connectivity index (χ1) is 13.0. The van der Waals surface area contributed by atoms with Crippen LogP contribution in [0.4, 0.5) is 14.6 Å². The predicted molar refractivity (Wildman–Crippen MR) is 92.7 cm³/mol. The molecule has 0 amide bonds. The van der Waals surface area contributed by atoms with E-state index >= 15 is 0 Å². The van der Waals surface area contributed by atoms with Crippen LogP contribution in [-0.4, -0.2) is 48.5 Å². The van der Waals surface area contributed by atoms with Crippen LogP contribution in [0.15, 0.2) is 36.8 Å². The molecule has 1 fully saturated rings. The minimum Gasteiger partial charge on any atom is -0.390 e. The lowest BCUT2D eigenvalue weighted by molar-refractivity contribution is -0.0222. The minimum absolute atomic E-state index is 0.140. The Balaban J connectivity index is 1.55. The molecule has 5 N–H and O–H groups in total. The summed E-state index contributed by atoms with van der Waals surface area (Å²) in [5.74, 6) is -2.37. The van der Waals surface area contributed by atoms with Gasteiger partial charge in [-0.1, -0.05) is 6.07 Å². The van der Waals surface area contributed by atoms with Gasteiger partial charge in [-0.25, -0.2) is 18.7 Å². The maximum absolute atomic E-state index is 13.5. The van der Waals surface area contributed by atoms with Crippen molar-refractivity contribution in [1.29, 1.82) is 0 Å². The summed E-state index contributed by atoms with van der Waals surface area (Å²) in [6, 6.07) is 4.27. The molecule has 1 aliphatic carbocycles. The van der Waals surface area contributed by atoms with Gasteiger partial charge in [0.05, 0.1) is 23.6 Å². The Kier molecular flexibility index (Phi) is 4.50. The van der Waals surface area contributed by atoms with Crippen molar-refractivity contribution in [1.82, 2.24) is 15.0 Å². The number of hydrogen-bond acceptors (Lipinski definition) is 6. The first kappa shape index (κ1) is 17.8. The highest BCUT2D eigenvalue weighted by Crippen LogP contribution is 2.38. The summed E-state index contributed by atoms with van der Waals surface area (Å²) in [5, 5.41) is 35.1. The van der Waals surface area contributed by atoms with E-state index in [1.54, 1.807) is 12.3 Å². The van der Waals surface area contributed by atoms with Gasteiger partial charge in [-0.3, -0.25) is 0 Å². The molecule has 0 saturated heterocycles. The number of nitrogens with zero attached hydrogens (tertiary/aromatic N) is 2. The SMILES string of the molecule is OC(c1ccc(F)c(F)c1)C1CC(Nc2ncnc3[nH]ccc23)[C@H](O)[C@@H]1O. The van der Waals surface area contributed by atoms with E-state index in [4.69, 9.17) is 0 Å². The van der Waals surface area contributed by atoms with E-state index < -0.39 is 41.9 Å². The van der Waals surface area contributed by atoms with Crippen LogP contribution in [0, 0.1) is 17.6 Å². The number of halogens is 2. The Labute approximate surface area is 152 Å². The zero-order valence-corrected chi connectivity index (χ0v) is 14.0. The number of aromatic amines is 1. The molecular weight excluding hydrogens is 358 g/mol. The van der Waals surface area contributed by atoms with E-state index in [0.717, 1.165) is 17.5 Å². The molecule has 27 heavy (non-hydrogen) atoms. The van der Waals surface area contributed by atoms with Gasteiger partial charge in [-0.2, -0.15) is 0 Å². The van der Waals surface area contributed by atoms with E-state index in [9.17, 15) is 24.1 Å². The van der Waals surface area contributed by atoms with Crippen LogP contribution in [0.5, 0.6) is 0 Å². The van der Waals surface area contributed by atoms with E-state index in [1.165, 1.54) is 12.4 Å². The van der Waals surface area contributed by atoms with Crippen molar-refractivity contribution in [2.45, 2.75) is 30.8 Å². The normalized spacial score (nSPS) is 26.4. The standard InChI is InChI=1S/C18H18F2N4O3/c19-11-2-1-8(5-12(11)20)14(25)10-6-13(16(27)15(10)26)24-18-9-3-4-21-17(9)22-7-23-18/h1-5,7,10,13-16,25-27H,6H2,(H2,21,22,23,24)/t10?,13?,14?,15-,16+/m1/s1. The molecule has 2 heterocycles. The molecule has 142 valence electrons. The number of nitrogens with one attached hydrogen (secondary N) is 2. The minimum atomic E-state index is -1.26. The first-order valence-electron chi connectivity index (χ1n) is 8.49. The van der Waals surface area contributed by atoms with E-state index in [0.29, 0.717) is 11.5 Å². The zero-order chi connectivity index (χ0) is 19.1. The maximum Gasteiger partial charge on any atom is 0.159 e. The van der Waals surface area contributed by atoms with Crippen LogP contribution < -0.4 is 5.32 Å². The predicted octanol–water partition coefficient (Wildman–Crippen LogP) is 1.49. The molecule has 5 atom stereocenters. The van der Waals surface area contributed by atoms with Crippen LogP contribution in [-0.2, 0) is 0 Å². The van der Waals surface area contributed by atoms with Crippen molar-refractivity contribution >= 4 is 16.9 Å². The Morgan fingerprint density at radius 1 is 1.11 bits per heavy atom. The quantitative estimate of drug-likeness (QED) is 0.471. The fourth-order valence-corrected chi connectivity index (χ4v) is 3.63. The van der Waals surface area contributed by atoms with Crippen molar-refractivity contribution in [3.63, 3.8) is 0 Å². The summed E-state index contributed by atoms with van der Waals surface area (Å²) in [6.07, 6.45) is -0.382. The summed E-state index contributed by atoms with van der Waals surface area (Å²) in [4.78, 5) is 11.2. The highest BCUT2D eigenvalue weighted by molar-refractivity contribution is 5.86. The number of benzene rings is 1. The molecule has 9 heteroatoms. The van der Waals surface area contributed by atoms with Gasteiger partial charge in [0.25, 0.3) is 0 Å². The van der Waals surface area contributed by atoms with Gasteiger partial charge in [0.15, 0.2) is 11.6 Å². The summed E-state index contributed by atoms with van der Waals surface area (Å²) in [5.41, 5.74) is 0.764. The van der Waals surface area contributed by atoms with Crippen molar-refractivity contribution in [3.8, 4) is 0 Å². The van der Waals surface area contributed by atoms with Gasteiger partial charge in [0.2, 0.25) is 0 Å². The second kappa shape index (κ2) is 6.84. The highest BCUT2D eigenvalue weighted by atomic mass is 19.2. The van der Waals surface area contributed by atoms with Crippen molar-refractivity contribution in [3.05, 3.63) is 54.0 Å². The van der Waals surface area contributed by atoms with Crippen LogP contribution >= 0.6 is 0 Å². The number of aliphatic hydroxyl groups is 3. The molecule has 3 unspecified atom stereocenters. The molecule has 3 aromatic rings. The Bertz CT molecular complexity index is 967. The van der Waals surface area contributed by atoms with Crippen LogP contribution in [0.25, 0.3) is 11.0 Å². The van der Waals surface area contributed by atoms with Gasteiger partial charge >= 0.3 is 0 Å². The van der Waals surface area contributed by atoms with Gasteiger partial charge in [-0.15, -0.1) is 0 Å². The molecular formula is C18H18F2N4O3. The number of H-pyrrole nitrogens is 1. The maximum atomic E-state index is 13.5. The fourth-order valence-electron chi connectivity index (χ4n) is 3.63. The average molecular weight is 376 g/mol. The second-order valence-electron chi connectivity index (χ2n) is 6.71. The third kappa shape index (κ3) is 3.14. The summed E-state index contributed by atoms with van der Waals surface area (Å²) in [7, 11) is 0. The lowest BCUT2D eigenvalue weighted by Crippen LogP contribution is -2.36. The third-order valence-corrected chi connectivity index (χ3v) is 5.09. The molecule has 1 aliphatic rings. The molecule has 7 nitrogen and oxygen atoms in total. The molecule has 0 radical (unpaired) electrons. The monoisotopic (exact) mass is 376 g/mol. The van der Waals surface area contributed by atoms with Gasteiger partial charge in [0, 0.05) is 12.1 Å². The number of rotatable bonds is 4. The van der Waals surface area contributed by atoms with E-state index in [1.807, 2.05) is 0 Å². The van der Waals surface area contributed by atoms with Crippen molar-refractivity contribution in [2.75, 3.05) is 5.32 Å². The average Bonchev–Trinajstić information content (AvgIpc) is 3.24. The van der Waals surface area contributed by atoms with Crippen LogP contribution in [0.2, 0.25) is 0 Å². The van der Waals surface area contributed by atoms with Crippen LogP contribution in [0.3, 0.4) is 0 Å². The number of aromatic nitrogens is 3. The third-order valence-electron chi connectivity index (χ3n) is 5.09. The molecule has 4 rings (SSSR count). The van der Waals surface area contributed by atoms with Gasteiger partial charge in [-0.05, 0) is 30.2 Å². The zero-order valence-electron chi connectivity index (χ0n) is 14.0. The van der Waals surface area contributed by atoms with E-state index in [2.05, 4.69) is 20.3 Å². The molecule has 0 aliphatic heterocycles. The lowest BCUT2D eigenvalue weighted by atomic mass is 9.92. The molecule has 0 spiro atoms. The molecule has 1 saturated carbocycles. The topological polar surface area (TPSA) is 114 Å². The molecule has 2 aromatic heterocycles.